The minimum Gasteiger partial charge on any atom is -0.456 e. The Morgan fingerprint density at radius 2 is 2.18 bits per heavy atom. The molecule has 0 spiro atoms. The first-order chi connectivity index (χ1) is 7.82. The topological polar surface area (TPSA) is 46.5 Å². The highest BCUT2D eigenvalue weighted by Crippen LogP contribution is 2.49. The molecule has 3 nitrogen and oxygen atoms in total. The minimum absolute atomic E-state index is 0.316. The van der Waals surface area contributed by atoms with Crippen molar-refractivity contribution in [3.63, 3.8) is 0 Å². The Kier molecular flexibility index (Phi) is 3.06. The molecule has 2 aliphatic carbocycles. The van der Waals surface area contributed by atoms with E-state index in [-0.39, 0.29) is 5.97 Å². The fourth-order valence-electron chi connectivity index (χ4n) is 3.58. The van der Waals surface area contributed by atoms with Gasteiger partial charge in [0.15, 0.2) is 0 Å². The van der Waals surface area contributed by atoms with Crippen molar-refractivity contribution in [2.45, 2.75) is 63.6 Å². The van der Waals surface area contributed by atoms with E-state index in [0.717, 1.165) is 32.1 Å². The largest absolute Gasteiger partial charge is 0.456 e. The number of carbonyl (C=O) groups excluding carboxylic acids is 1. The van der Waals surface area contributed by atoms with Crippen LogP contribution in [0.25, 0.3) is 0 Å². The first kappa shape index (κ1) is 12.6. The van der Waals surface area contributed by atoms with Crippen LogP contribution in [0.2, 0.25) is 0 Å². The smallest absolute Gasteiger partial charge is 0.333 e. The number of fused-ring (bicyclic) bond motifs is 2. The molecule has 0 saturated heterocycles. The molecule has 3 atom stereocenters. The monoisotopic (exact) mass is 238 g/mol. The molecule has 2 rings (SSSR count). The zero-order valence-corrected chi connectivity index (χ0v) is 10.8. The van der Waals surface area contributed by atoms with Crippen LogP contribution in [0.15, 0.2) is 12.2 Å². The van der Waals surface area contributed by atoms with E-state index in [1.165, 1.54) is 0 Å². The standard InChI is InChI=1S/C14H22O3/c1-10(2)12(15)17-14-6-4-5-11(8-14)7-13(3,16)9-14/h11,16H,1,4-9H2,2-3H3. The molecule has 0 aliphatic heterocycles. The summed E-state index contributed by atoms with van der Waals surface area (Å²) in [6, 6.07) is 0. The maximum Gasteiger partial charge on any atom is 0.333 e. The van der Waals surface area contributed by atoms with Gasteiger partial charge in [-0.3, -0.25) is 0 Å². The Morgan fingerprint density at radius 3 is 2.82 bits per heavy atom. The highest BCUT2D eigenvalue weighted by molar-refractivity contribution is 5.87. The minimum atomic E-state index is -0.696. The van der Waals surface area contributed by atoms with Crippen LogP contribution in [-0.4, -0.2) is 22.3 Å². The fraction of sp³-hybridized carbons (Fsp3) is 0.786. The van der Waals surface area contributed by atoms with E-state index >= 15 is 0 Å². The SMILES string of the molecule is C=C(C)C(=O)OC12CCCC(CC(C)(O)C1)C2. The Labute approximate surface area is 103 Å². The van der Waals surface area contributed by atoms with Gasteiger partial charge in [-0.1, -0.05) is 13.0 Å². The van der Waals surface area contributed by atoms with Crippen molar-refractivity contribution >= 4 is 5.97 Å². The molecule has 2 fully saturated rings. The predicted octanol–water partition coefficient (Wildman–Crippen LogP) is 2.58. The lowest BCUT2D eigenvalue weighted by Crippen LogP contribution is -2.52. The number of esters is 1. The van der Waals surface area contributed by atoms with Crippen LogP contribution in [0.3, 0.4) is 0 Å². The van der Waals surface area contributed by atoms with Gasteiger partial charge < -0.3 is 9.84 Å². The molecule has 3 unspecified atom stereocenters. The molecule has 0 radical (unpaired) electrons. The summed E-state index contributed by atoms with van der Waals surface area (Å²) in [6.45, 7) is 7.14. The number of hydrogen-bond donors (Lipinski definition) is 1. The summed E-state index contributed by atoms with van der Waals surface area (Å²) in [4.78, 5) is 11.7. The van der Waals surface area contributed by atoms with Crippen molar-refractivity contribution in [3.8, 4) is 0 Å². The molecule has 0 aromatic carbocycles. The zero-order chi connectivity index (χ0) is 12.7. The third kappa shape index (κ3) is 2.71. The van der Waals surface area contributed by atoms with Gasteiger partial charge in [0.05, 0.1) is 5.60 Å². The molecule has 0 amide bonds. The molecule has 0 aromatic heterocycles. The van der Waals surface area contributed by atoms with Crippen molar-refractivity contribution < 1.29 is 14.6 Å². The molecule has 96 valence electrons. The Balaban J connectivity index is 2.16. The lowest BCUT2D eigenvalue weighted by atomic mass is 9.64. The molecule has 3 heteroatoms. The second kappa shape index (κ2) is 4.13. The van der Waals surface area contributed by atoms with Gasteiger partial charge in [0, 0.05) is 12.0 Å². The highest BCUT2D eigenvalue weighted by Gasteiger charge is 2.49. The third-order valence-electron chi connectivity index (χ3n) is 3.99. The van der Waals surface area contributed by atoms with Crippen molar-refractivity contribution in [1.82, 2.24) is 0 Å². The van der Waals surface area contributed by atoms with Gasteiger partial charge in [-0.25, -0.2) is 4.79 Å². The zero-order valence-electron chi connectivity index (χ0n) is 10.8. The molecular formula is C14H22O3. The Bertz CT molecular complexity index is 345. The van der Waals surface area contributed by atoms with E-state index < -0.39 is 11.2 Å². The molecule has 1 N–H and O–H groups in total. The summed E-state index contributed by atoms with van der Waals surface area (Å²) >= 11 is 0. The highest BCUT2D eigenvalue weighted by atomic mass is 16.6. The van der Waals surface area contributed by atoms with Crippen molar-refractivity contribution in [3.05, 3.63) is 12.2 Å². The van der Waals surface area contributed by atoms with E-state index in [1.807, 2.05) is 6.92 Å². The van der Waals surface area contributed by atoms with Gasteiger partial charge >= 0.3 is 5.97 Å². The molecule has 17 heavy (non-hydrogen) atoms. The van der Waals surface area contributed by atoms with Crippen LogP contribution in [0.4, 0.5) is 0 Å². The van der Waals surface area contributed by atoms with E-state index in [2.05, 4.69) is 6.58 Å². The van der Waals surface area contributed by atoms with Crippen LogP contribution < -0.4 is 0 Å². The lowest BCUT2D eigenvalue weighted by Gasteiger charge is -2.49. The first-order valence-electron chi connectivity index (χ1n) is 6.43. The van der Waals surface area contributed by atoms with Gasteiger partial charge in [-0.2, -0.15) is 0 Å². The normalized spacial score (nSPS) is 40.8. The van der Waals surface area contributed by atoms with Gasteiger partial charge in [-0.15, -0.1) is 0 Å². The number of carbonyl (C=O) groups is 1. The number of aliphatic hydroxyl groups is 1. The van der Waals surface area contributed by atoms with E-state index in [4.69, 9.17) is 4.74 Å². The van der Waals surface area contributed by atoms with Crippen LogP contribution >= 0.6 is 0 Å². The third-order valence-corrected chi connectivity index (χ3v) is 3.99. The summed E-state index contributed by atoms with van der Waals surface area (Å²) in [7, 11) is 0. The number of hydrogen-bond acceptors (Lipinski definition) is 3. The van der Waals surface area contributed by atoms with Crippen molar-refractivity contribution in [2.24, 2.45) is 5.92 Å². The summed E-state index contributed by atoms with van der Waals surface area (Å²) in [5.74, 6) is 0.175. The van der Waals surface area contributed by atoms with Crippen LogP contribution in [0.1, 0.15) is 52.4 Å². The lowest BCUT2D eigenvalue weighted by molar-refractivity contribution is -0.181. The van der Waals surface area contributed by atoms with Crippen LogP contribution in [0.5, 0.6) is 0 Å². The summed E-state index contributed by atoms with van der Waals surface area (Å²) in [6.07, 6.45) is 5.41. The maximum atomic E-state index is 11.7. The van der Waals surface area contributed by atoms with Crippen LogP contribution in [-0.2, 0) is 9.53 Å². The van der Waals surface area contributed by atoms with Gasteiger partial charge in [0.25, 0.3) is 0 Å². The Morgan fingerprint density at radius 1 is 1.47 bits per heavy atom. The van der Waals surface area contributed by atoms with Crippen molar-refractivity contribution in [2.75, 3.05) is 0 Å². The second-order valence-corrected chi connectivity index (χ2v) is 6.19. The van der Waals surface area contributed by atoms with Gasteiger partial charge in [0.1, 0.15) is 5.60 Å². The molecular weight excluding hydrogens is 216 g/mol. The molecule has 0 heterocycles. The van der Waals surface area contributed by atoms with Gasteiger partial charge in [-0.05, 0) is 45.4 Å². The summed E-state index contributed by atoms with van der Waals surface area (Å²) in [5, 5.41) is 10.3. The quantitative estimate of drug-likeness (QED) is 0.594. The molecule has 2 bridgehead atoms. The molecule has 2 saturated carbocycles. The second-order valence-electron chi connectivity index (χ2n) is 6.19. The Hall–Kier alpha value is -0.830. The fourth-order valence-corrected chi connectivity index (χ4v) is 3.58. The number of ether oxygens (including phenoxy) is 1. The average Bonchev–Trinajstić information content (AvgIpc) is 2.13. The average molecular weight is 238 g/mol. The van der Waals surface area contributed by atoms with E-state index in [1.54, 1.807) is 6.92 Å². The first-order valence-corrected chi connectivity index (χ1v) is 6.43. The van der Waals surface area contributed by atoms with Crippen molar-refractivity contribution in [1.29, 1.82) is 0 Å². The number of rotatable bonds is 2. The summed E-state index contributed by atoms with van der Waals surface area (Å²) in [5.41, 5.74) is -0.703. The van der Waals surface area contributed by atoms with E-state index in [9.17, 15) is 9.90 Å². The van der Waals surface area contributed by atoms with Gasteiger partial charge in [0.2, 0.25) is 0 Å². The van der Waals surface area contributed by atoms with E-state index in [0.29, 0.717) is 17.9 Å². The predicted molar refractivity (Wildman–Crippen MR) is 65.5 cm³/mol. The molecule has 2 aliphatic rings. The molecule has 0 aromatic rings. The summed E-state index contributed by atoms with van der Waals surface area (Å²) < 4.78 is 5.65. The maximum absolute atomic E-state index is 11.7. The van der Waals surface area contributed by atoms with Crippen LogP contribution in [0, 0.1) is 5.92 Å².